The van der Waals surface area contributed by atoms with Crippen LogP contribution in [0.1, 0.15) is 122 Å². The van der Waals surface area contributed by atoms with E-state index in [1.165, 1.54) is 15.2 Å². The van der Waals surface area contributed by atoms with Crippen molar-refractivity contribution in [3.05, 3.63) is 6.08 Å². The molecule has 3 fully saturated rings. The van der Waals surface area contributed by atoms with E-state index in [4.69, 9.17) is 4.98 Å². The first-order valence-electron chi connectivity index (χ1n) is 15.3. The Labute approximate surface area is 251 Å². The monoisotopic (exact) mass is 594 g/mol. The van der Waals surface area contributed by atoms with Gasteiger partial charge in [-0.2, -0.15) is 34.5 Å². The van der Waals surface area contributed by atoms with Gasteiger partial charge in [0.25, 0.3) is 0 Å². The molecule has 0 saturated carbocycles. The Balaban J connectivity index is 1.76. The zero-order chi connectivity index (χ0) is 31.8. The van der Waals surface area contributed by atoms with E-state index in [9.17, 15) is 15.6 Å². The van der Waals surface area contributed by atoms with E-state index in [1.54, 1.807) is 0 Å². The normalized spacial score (nSPS) is 28.5. The minimum absolute atomic E-state index is 0.0903. The lowest BCUT2D eigenvalue weighted by Crippen LogP contribution is -2.67. The van der Waals surface area contributed by atoms with Crippen molar-refractivity contribution in [1.29, 1.82) is 0 Å². The molecule has 0 spiro atoms. The molecule has 42 heavy (non-hydrogen) atoms. The highest BCUT2D eigenvalue weighted by Crippen LogP contribution is 2.45. The Morgan fingerprint density at radius 1 is 0.595 bits per heavy atom. The fourth-order valence-electron chi connectivity index (χ4n) is 8.53. The highest BCUT2D eigenvalue weighted by Gasteiger charge is 2.52. The van der Waals surface area contributed by atoms with Crippen LogP contribution in [0.4, 0.5) is 16.3 Å². The van der Waals surface area contributed by atoms with Gasteiger partial charge in [-0.1, -0.05) is 0 Å². The summed E-state index contributed by atoms with van der Waals surface area (Å²) in [5.74, 6) is 0.427. The Hall–Kier alpha value is -1.70. The summed E-state index contributed by atoms with van der Waals surface area (Å²) in [6, 6.07) is -0.303. The number of aromatic nitrogens is 3. The van der Waals surface area contributed by atoms with E-state index < -0.39 is 39.3 Å². The molecule has 0 radical (unpaired) electrons. The van der Waals surface area contributed by atoms with Crippen LogP contribution in [0, 0.1) is 6.08 Å². The van der Waals surface area contributed by atoms with Crippen LogP contribution in [0.5, 0.6) is 0 Å². The van der Waals surface area contributed by atoms with Crippen molar-refractivity contribution < 1.29 is 20.0 Å². The number of piperidine rings is 3. The molecule has 1 aromatic rings. The van der Waals surface area contributed by atoms with Crippen molar-refractivity contribution in [3.63, 3.8) is 0 Å². The maximum Gasteiger partial charge on any atom is 0.315 e. The Morgan fingerprint density at radius 3 is 1.29 bits per heavy atom. The van der Waals surface area contributed by atoms with Gasteiger partial charge in [-0.25, -0.2) is 0 Å². The number of rotatable bonds is 5. The van der Waals surface area contributed by atoms with Gasteiger partial charge >= 0.3 is 6.08 Å². The average Bonchev–Trinajstić information content (AvgIpc) is 2.78. The largest absolute Gasteiger partial charge is 0.351 e. The molecular weight excluding hydrogens is 539 g/mol. The molecule has 3 aliphatic heterocycles. The minimum Gasteiger partial charge on any atom is -0.351 e. The molecule has 11 nitrogen and oxygen atoms in total. The highest BCUT2D eigenvalue weighted by molar-refractivity contribution is 5.41. The van der Waals surface area contributed by atoms with Crippen LogP contribution >= 0.6 is 0 Å². The van der Waals surface area contributed by atoms with Crippen molar-refractivity contribution in [2.45, 2.75) is 173 Å². The molecular formula is C30H55FN8O3. The standard InChI is InChI=1S/C30H55FN8O3/c1-25(2)13-19(14-26(3,4)37(25)40)32-23-33-22(31)34-24(35-23)36(20-15-27(5,6)38(41)28(7,8)16-20)21-17-29(9,10)39(42)30(11,12)18-21/h19-21,40-42H,13-18H2,1-12H3,(H,32,33,34,35). The van der Waals surface area contributed by atoms with Gasteiger partial charge in [-0.15, -0.1) is 0 Å². The smallest absolute Gasteiger partial charge is 0.315 e. The van der Waals surface area contributed by atoms with Crippen LogP contribution < -0.4 is 10.2 Å². The van der Waals surface area contributed by atoms with Gasteiger partial charge in [0.05, 0.1) is 0 Å². The number of hydrogen-bond donors (Lipinski definition) is 4. The Kier molecular flexibility index (Phi) is 8.25. The molecule has 4 rings (SSSR count). The van der Waals surface area contributed by atoms with Crippen molar-refractivity contribution in [2.24, 2.45) is 0 Å². The fraction of sp³-hybridized carbons (Fsp3) is 0.900. The van der Waals surface area contributed by atoms with Gasteiger partial charge in [0.15, 0.2) is 0 Å². The summed E-state index contributed by atoms with van der Waals surface area (Å²) in [6.07, 6.45) is 2.83. The second kappa shape index (κ2) is 10.4. The van der Waals surface area contributed by atoms with Crippen molar-refractivity contribution in [2.75, 3.05) is 10.2 Å². The van der Waals surface area contributed by atoms with E-state index in [0.29, 0.717) is 38.5 Å². The zero-order valence-corrected chi connectivity index (χ0v) is 27.8. The van der Waals surface area contributed by atoms with Gasteiger partial charge in [-0.05, 0) is 122 Å². The maximum absolute atomic E-state index is 15.3. The van der Waals surface area contributed by atoms with Gasteiger partial charge < -0.3 is 25.8 Å². The van der Waals surface area contributed by atoms with Crippen LogP contribution in [-0.2, 0) is 0 Å². The third kappa shape index (κ3) is 6.25. The van der Waals surface area contributed by atoms with Crippen molar-refractivity contribution in [3.8, 4) is 0 Å². The van der Waals surface area contributed by atoms with Gasteiger partial charge in [-0.3, -0.25) is 0 Å². The molecule has 1 aromatic heterocycles. The predicted octanol–water partition coefficient (Wildman–Crippen LogP) is 5.46. The third-order valence-electron chi connectivity index (χ3n) is 9.82. The van der Waals surface area contributed by atoms with E-state index >= 15 is 4.39 Å². The quantitative estimate of drug-likeness (QED) is 0.347. The average molecular weight is 595 g/mol. The first-order valence-corrected chi connectivity index (χ1v) is 15.3. The summed E-state index contributed by atoms with van der Waals surface area (Å²) in [4.78, 5) is 15.3. The minimum atomic E-state index is -0.859. The zero-order valence-electron chi connectivity index (χ0n) is 27.8. The molecule has 12 heteroatoms. The number of nitrogens with zero attached hydrogens (tertiary/aromatic N) is 7. The molecule has 3 saturated heterocycles. The summed E-state index contributed by atoms with van der Waals surface area (Å²) < 4.78 is 15.3. The fourth-order valence-corrected chi connectivity index (χ4v) is 8.53. The summed E-state index contributed by atoms with van der Waals surface area (Å²) in [7, 11) is 0. The number of nitrogens with one attached hydrogen (secondary N) is 1. The van der Waals surface area contributed by atoms with E-state index in [1.807, 2.05) is 83.1 Å². The first kappa shape index (κ1) is 33.2. The molecule has 0 aliphatic carbocycles. The second-order valence-electron chi connectivity index (χ2n) is 16.8. The number of hydroxylamine groups is 6. The Morgan fingerprint density at radius 2 is 0.929 bits per heavy atom. The van der Waals surface area contributed by atoms with Gasteiger partial charge in [0.1, 0.15) is 0 Å². The first-order chi connectivity index (χ1) is 18.9. The predicted molar refractivity (Wildman–Crippen MR) is 160 cm³/mol. The van der Waals surface area contributed by atoms with Crippen LogP contribution in [0.3, 0.4) is 0 Å². The molecule has 4 heterocycles. The topological polar surface area (TPSA) is 124 Å². The van der Waals surface area contributed by atoms with E-state index in [0.717, 1.165) is 0 Å². The molecule has 0 amide bonds. The Bertz CT molecular complexity index is 1060. The van der Waals surface area contributed by atoms with E-state index in [-0.39, 0.29) is 30.0 Å². The number of hydrogen-bond acceptors (Lipinski definition) is 11. The SMILES string of the molecule is CC1(C)CC(Nc2nc(F)nc(N(C3CC(C)(C)N(O)C(C)(C)C3)C3CC(C)(C)N(O)C(C)(C)C3)n2)CC(C)(C)N1O. The van der Waals surface area contributed by atoms with Crippen LogP contribution in [-0.4, -0.2) is 97.1 Å². The molecule has 0 aromatic carbocycles. The number of halogens is 1. The lowest BCUT2D eigenvalue weighted by molar-refractivity contribution is -0.251. The molecule has 0 atom stereocenters. The molecule has 3 aliphatic rings. The van der Waals surface area contributed by atoms with Gasteiger partial charge in [0.2, 0.25) is 11.9 Å². The maximum atomic E-state index is 15.3. The van der Waals surface area contributed by atoms with E-state index in [2.05, 4.69) is 20.2 Å². The highest BCUT2D eigenvalue weighted by atomic mass is 19.1. The van der Waals surface area contributed by atoms with Crippen molar-refractivity contribution in [1.82, 2.24) is 30.1 Å². The summed E-state index contributed by atoms with van der Waals surface area (Å²) >= 11 is 0. The van der Waals surface area contributed by atoms with Crippen LogP contribution in [0.25, 0.3) is 0 Å². The van der Waals surface area contributed by atoms with Crippen LogP contribution in [0.2, 0.25) is 0 Å². The molecule has 4 N–H and O–H groups in total. The molecule has 0 bridgehead atoms. The lowest BCUT2D eigenvalue weighted by atomic mass is 9.75. The molecule has 240 valence electrons. The summed E-state index contributed by atoms with van der Waals surface area (Å²) in [5, 5.41) is 40.5. The summed E-state index contributed by atoms with van der Waals surface area (Å²) in [6.45, 7) is 24.1. The molecule has 0 unspecified atom stereocenters. The lowest BCUT2D eigenvalue weighted by Gasteiger charge is -2.58. The third-order valence-corrected chi connectivity index (χ3v) is 9.82. The summed E-state index contributed by atoms with van der Waals surface area (Å²) in [5.41, 5.74) is -3.18. The second-order valence-corrected chi connectivity index (χ2v) is 16.8. The van der Waals surface area contributed by atoms with Crippen LogP contribution in [0.15, 0.2) is 0 Å². The van der Waals surface area contributed by atoms with Gasteiger partial charge in [0, 0.05) is 51.4 Å². The van der Waals surface area contributed by atoms with Crippen molar-refractivity contribution >= 4 is 11.9 Å². The number of anilines is 2.